The number of aromatic amines is 1. The molecule has 0 radical (unpaired) electrons. The average Bonchev–Trinajstić information content (AvgIpc) is 2.90. The van der Waals surface area contributed by atoms with Crippen LogP contribution in [0.25, 0.3) is 11.5 Å². The van der Waals surface area contributed by atoms with E-state index in [2.05, 4.69) is 15.1 Å². The van der Waals surface area contributed by atoms with Gasteiger partial charge in [0.25, 0.3) is 5.89 Å². The maximum atomic E-state index is 11.0. The van der Waals surface area contributed by atoms with Gasteiger partial charge in [0.05, 0.1) is 12.2 Å². The highest BCUT2D eigenvalue weighted by atomic mass is 16.5. The monoisotopic (exact) mass is 278 g/mol. The van der Waals surface area contributed by atoms with Gasteiger partial charge in [-0.05, 0) is 19.4 Å². The summed E-state index contributed by atoms with van der Waals surface area (Å²) in [6.45, 7) is 4.75. The molecule has 3 N–H and O–H groups in total. The Hall–Kier alpha value is -1.99. The number of ether oxygens (including phenoxy) is 1. The van der Waals surface area contributed by atoms with Gasteiger partial charge in [0.1, 0.15) is 5.54 Å². The predicted molar refractivity (Wildman–Crippen MR) is 73.0 cm³/mol. The fourth-order valence-corrected chi connectivity index (χ4v) is 1.61. The first-order valence-corrected chi connectivity index (χ1v) is 6.43. The number of rotatable bonds is 6. The molecular weight excluding hydrogens is 260 g/mol. The van der Waals surface area contributed by atoms with Crippen molar-refractivity contribution in [3.63, 3.8) is 0 Å². The number of nitrogens with one attached hydrogen (secondary N) is 1. The summed E-state index contributed by atoms with van der Waals surface area (Å²) in [5.41, 5.74) is 5.75. The molecule has 0 spiro atoms. The molecular formula is C13H18N4O3. The lowest BCUT2D eigenvalue weighted by molar-refractivity contribution is 0.0867. The zero-order valence-electron chi connectivity index (χ0n) is 11.5. The Labute approximate surface area is 116 Å². The molecule has 0 aliphatic rings. The van der Waals surface area contributed by atoms with Crippen LogP contribution in [-0.4, -0.2) is 28.3 Å². The van der Waals surface area contributed by atoms with Gasteiger partial charge in [-0.15, -0.1) is 0 Å². The second kappa shape index (κ2) is 5.98. The van der Waals surface area contributed by atoms with E-state index in [4.69, 9.17) is 15.0 Å². The first-order valence-electron chi connectivity index (χ1n) is 6.43. The van der Waals surface area contributed by atoms with Crippen LogP contribution in [0.2, 0.25) is 0 Å². The molecule has 0 aromatic carbocycles. The minimum atomic E-state index is -0.820. The van der Waals surface area contributed by atoms with E-state index in [1.54, 1.807) is 13.0 Å². The average molecular weight is 278 g/mol. The molecule has 0 saturated carbocycles. The molecule has 0 saturated heterocycles. The van der Waals surface area contributed by atoms with Crippen molar-refractivity contribution in [1.29, 1.82) is 0 Å². The van der Waals surface area contributed by atoms with Gasteiger partial charge in [-0.1, -0.05) is 12.1 Å². The summed E-state index contributed by atoms with van der Waals surface area (Å²) < 4.78 is 10.6. The van der Waals surface area contributed by atoms with Gasteiger partial charge in [-0.3, -0.25) is 4.79 Å². The number of nitrogens with zero attached hydrogens (tertiary/aromatic N) is 2. The smallest absolute Gasteiger partial charge is 0.259 e. The lowest BCUT2D eigenvalue weighted by atomic mass is 10.1. The molecule has 0 aliphatic heterocycles. The van der Waals surface area contributed by atoms with Crippen molar-refractivity contribution in [3.05, 3.63) is 34.5 Å². The van der Waals surface area contributed by atoms with E-state index in [1.807, 2.05) is 6.92 Å². The number of hydrogen-bond acceptors (Lipinski definition) is 6. The summed E-state index contributed by atoms with van der Waals surface area (Å²) in [6, 6.07) is 3.00. The van der Waals surface area contributed by atoms with E-state index in [0.29, 0.717) is 30.5 Å². The van der Waals surface area contributed by atoms with Crippen molar-refractivity contribution < 1.29 is 9.26 Å². The van der Waals surface area contributed by atoms with Crippen LogP contribution in [0.4, 0.5) is 0 Å². The van der Waals surface area contributed by atoms with Crippen LogP contribution in [0.5, 0.6) is 0 Å². The molecule has 0 amide bonds. The summed E-state index contributed by atoms with van der Waals surface area (Å²) in [7, 11) is 0. The second-order valence-corrected chi connectivity index (χ2v) is 4.83. The minimum absolute atomic E-state index is 0.190. The first-order chi connectivity index (χ1) is 9.53. The highest BCUT2D eigenvalue weighted by molar-refractivity contribution is 5.50. The quantitative estimate of drug-likeness (QED) is 0.764. The van der Waals surface area contributed by atoms with Gasteiger partial charge in [-0.25, -0.2) is 0 Å². The number of H-pyrrole nitrogens is 1. The van der Waals surface area contributed by atoms with E-state index in [9.17, 15) is 4.79 Å². The zero-order chi connectivity index (χ0) is 14.6. The van der Waals surface area contributed by atoms with Crippen LogP contribution in [-0.2, 0) is 10.3 Å². The van der Waals surface area contributed by atoms with Crippen LogP contribution >= 0.6 is 0 Å². The van der Waals surface area contributed by atoms with Crippen LogP contribution < -0.4 is 11.3 Å². The van der Waals surface area contributed by atoms with Gasteiger partial charge in [0.15, 0.2) is 5.82 Å². The Kier molecular flexibility index (Phi) is 4.31. The molecule has 2 heterocycles. The maximum Gasteiger partial charge on any atom is 0.259 e. The van der Waals surface area contributed by atoms with Gasteiger partial charge >= 0.3 is 0 Å². The lowest BCUT2D eigenvalue weighted by Crippen LogP contribution is -2.39. The highest BCUT2D eigenvalue weighted by Crippen LogP contribution is 2.20. The van der Waals surface area contributed by atoms with Crippen LogP contribution in [0.3, 0.4) is 0 Å². The molecule has 2 aromatic heterocycles. The zero-order valence-corrected chi connectivity index (χ0v) is 11.5. The number of nitrogens with two attached hydrogens (primary N) is 1. The highest BCUT2D eigenvalue weighted by Gasteiger charge is 2.28. The molecule has 2 rings (SSSR count). The van der Waals surface area contributed by atoms with Crippen molar-refractivity contribution in [2.45, 2.75) is 25.8 Å². The summed E-state index contributed by atoms with van der Waals surface area (Å²) in [5.74, 6) is 0.679. The summed E-state index contributed by atoms with van der Waals surface area (Å²) >= 11 is 0. The second-order valence-electron chi connectivity index (χ2n) is 4.83. The van der Waals surface area contributed by atoms with E-state index >= 15 is 0 Å². The van der Waals surface area contributed by atoms with E-state index in [1.165, 1.54) is 12.3 Å². The standard InChI is InChI=1S/C13H18N4O3/c1-3-6-19-8-13(2,14)12-16-11(20-17-12)9-4-5-10(18)15-7-9/h4-5,7H,3,6,8,14H2,1-2H3,(H,15,18). The van der Waals surface area contributed by atoms with Crippen LogP contribution in [0.15, 0.2) is 27.6 Å². The predicted octanol–water partition coefficient (Wildman–Crippen LogP) is 1.03. The molecule has 1 unspecified atom stereocenters. The Morgan fingerprint density at radius 2 is 2.30 bits per heavy atom. The fourth-order valence-electron chi connectivity index (χ4n) is 1.61. The Morgan fingerprint density at radius 3 is 2.95 bits per heavy atom. The topological polar surface area (TPSA) is 107 Å². The SMILES string of the molecule is CCCOCC(C)(N)c1noc(-c2ccc(=O)[nH]c2)n1. The molecule has 0 bridgehead atoms. The van der Waals surface area contributed by atoms with Crippen LogP contribution in [0.1, 0.15) is 26.1 Å². The van der Waals surface area contributed by atoms with E-state index in [-0.39, 0.29) is 5.56 Å². The van der Waals surface area contributed by atoms with Gasteiger partial charge in [0, 0.05) is 18.9 Å². The molecule has 0 fully saturated rings. The largest absolute Gasteiger partial charge is 0.379 e. The van der Waals surface area contributed by atoms with Crippen molar-refractivity contribution in [2.24, 2.45) is 5.73 Å². The van der Waals surface area contributed by atoms with Crippen molar-refractivity contribution in [1.82, 2.24) is 15.1 Å². The lowest BCUT2D eigenvalue weighted by Gasteiger charge is -2.19. The third-order valence-corrected chi connectivity index (χ3v) is 2.72. The van der Waals surface area contributed by atoms with Gasteiger partial charge in [-0.2, -0.15) is 4.98 Å². The molecule has 108 valence electrons. The maximum absolute atomic E-state index is 11.0. The van der Waals surface area contributed by atoms with Crippen molar-refractivity contribution in [2.75, 3.05) is 13.2 Å². The summed E-state index contributed by atoms with van der Waals surface area (Å²) in [5, 5.41) is 3.88. The molecule has 20 heavy (non-hydrogen) atoms. The molecule has 2 aromatic rings. The fraction of sp³-hybridized carbons (Fsp3) is 0.462. The van der Waals surface area contributed by atoms with Crippen molar-refractivity contribution in [3.8, 4) is 11.5 Å². The Morgan fingerprint density at radius 1 is 1.50 bits per heavy atom. The summed E-state index contributed by atoms with van der Waals surface area (Å²) in [6.07, 6.45) is 2.44. The Balaban J connectivity index is 2.15. The first kappa shape index (κ1) is 14.4. The third-order valence-electron chi connectivity index (χ3n) is 2.72. The normalized spacial score (nSPS) is 14.2. The van der Waals surface area contributed by atoms with Gasteiger partial charge in [0.2, 0.25) is 5.56 Å². The van der Waals surface area contributed by atoms with E-state index in [0.717, 1.165) is 6.42 Å². The molecule has 0 aliphatic carbocycles. The number of aromatic nitrogens is 3. The van der Waals surface area contributed by atoms with E-state index < -0.39 is 5.54 Å². The molecule has 1 atom stereocenters. The number of hydrogen-bond donors (Lipinski definition) is 2. The summed E-state index contributed by atoms with van der Waals surface area (Å²) in [4.78, 5) is 17.8. The minimum Gasteiger partial charge on any atom is -0.379 e. The molecule has 7 heteroatoms. The third kappa shape index (κ3) is 3.31. The van der Waals surface area contributed by atoms with Crippen molar-refractivity contribution >= 4 is 0 Å². The van der Waals surface area contributed by atoms with Gasteiger partial charge < -0.3 is 20.0 Å². The number of pyridine rings is 1. The molecule has 7 nitrogen and oxygen atoms in total. The Bertz CT molecular complexity index is 598. The van der Waals surface area contributed by atoms with Crippen LogP contribution in [0, 0.1) is 0 Å².